The summed E-state index contributed by atoms with van der Waals surface area (Å²) in [6, 6.07) is 7.52. The van der Waals surface area contributed by atoms with Crippen LogP contribution in [0.1, 0.15) is 33.0 Å². The molecule has 0 atom stereocenters. The molecule has 2 heterocycles. The first-order chi connectivity index (χ1) is 10.1. The minimum atomic E-state index is -0.0273. The third kappa shape index (κ3) is 4.49. The minimum absolute atomic E-state index is 0.0273. The summed E-state index contributed by atoms with van der Waals surface area (Å²) in [5, 5.41) is 0. The molecule has 0 fully saturated rings. The van der Waals surface area contributed by atoms with Crippen molar-refractivity contribution in [1.29, 1.82) is 0 Å². The van der Waals surface area contributed by atoms with Crippen molar-refractivity contribution in [3.8, 4) is 0 Å². The van der Waals surface area contributed by atoms with Gasteiger partial charge in [0.2, 0.25) is 5.91 Å². The van der Waals surface area contributed by atoms with E-state index in [1.807, 2.05) is 31.2 Å². The summed E-state index contributed by atoms with van der Waals surface area (Å²) in [5.74, 6) is 0.0108. The van der Waals surface area contributed by atoms with Crippen molar-refractivity contribution < 1.29 is 9.59 Å². The van der Waals surface area contributed by atoms with Gasteiger partial charge in [0, 0.05) is 43.7 Å². The third-order valence-corrected chi connectivity index (χ3v) is 4.19. The maximum absolute atomic E-state index is 12.0. The Morgan fingerprint density at radius 2 is 2.05 bits per heavy atom. The van der Waals surface area contributed by atoms with Crippen molar-refractivity contribution in [1.82, 2.24) is 9.88 Å². The Balaban J connectivity index is 1.82. The fourth-order valence-corrected chi connectivity index (χ4v) is 2.81. The Morgan fingerprint density at radius 1 is 1.24 bits per heavy atom. The lowest BCUT2D eigenvalue weighted by molar-refractivity contribution is -0.130. The first-order valence-corrected chi connectivity index (χ1v) is 7.60. The monoisotopic (exact) mass is 302 g/mol. The van der Waals surface area contributed by atoms with E-state index in [0.717, 1.165) is 15.3 Å². The van der Waals surface area contributed by atoms with Crippen LogP contribution in [0.25, 0.3) is 0 Å². The van der Waals surface area contributed by atoms with E-state index in [2.05, 4.69) is 4.98 Å². The first kappa shape index (κ1) is 15.4. The van der Waals surface area contributed by atoms with E-state index in [1.165, 1.54) is 11.3 Å². The van der Waals surface area contributed by atoms with E-state index in [4.69, 9.17) is 0 Å². The molecule has 0 aliphatic heterocycles. The number of aryl methyl sites for hydroxylation is 1. The SMILES string of the molecule is Cc1ccc(C(=O)CCC(=O)N(C)Cc2cccnc2)s1. The van der Waals surface area contributed by atoms with Gasteiger partial charge in [-0.1, -0.05) is 6.07 Å². The molecule has 1 amide bonds. The zero-order chi connectivity index (χ0) is 15.2. The maximum atomic E-state index is 12.0. The Kier molecular flexibility index (Phi) is 5.22. The van der Waals surface area contributed by atoms with Crippen LogP contribution in [0.5, 0.6) is 0 Å². The van der Waals surface area contributed by atoms with Crippen molar-refractivity contribution in [2.75, 3.05) is 7.05 Å². The van der Waals surface area contributed by atoms with Gasteiger partial charge in [0.25, 0.3) is 0 Å². The number of amides is 1. The third-order valence-electron chi connectivity index (χ3n) is 3.15. The number of hydrogen-bond donors (Lipinski definition) is 0. The highest BCUT2D eigenvalue weighted by atomic mass is 32.1. The molecule has 2 aromatic rings. The van der Waals surface area contributed by atoms with Gasteiger partial charge < -0.3 is 4.90 Å². The molecule has 0 saturated heterocycles. The van der Waals surface area contributed by atoms with Crippen molar-refractivity contribution in [3.05, 3.63) is 52.0 Å². The Hall–Kier alpha value is -2.01. The highest BCUT2D eigenvalue weighted by molar-refractivity contribution is 7.14. The molecule has 0 radical (unpaired) electrons. The van der Waals surface area contributed by atoms with Crippen LogP contribution < -0.4 is 0 Å². The Labute approximate surface area is 128 Å². The van der Waals surface area contributed by atoms with Gasteiger partial charge in [0.05, 0.1) is 4.88 Å². The van der Waals surface area contributed by atoms with Gasteiger partial charge in [-0.3, -0.25) is 14.6 Å². The van der Waals surface area contributed by atoms with Crippen molar-refractivity contribution in [3.63, 3.8) is 0 Å². The standard InChI is InChI=1S/C16H18N2O2S/c1-12-5-7-15(21-12)14(19)6-8-16(20)18(2)11-13-4-3-9-17-10-13/h3-5,7,9-10H,6,8,11H2,1-2H3. The van der Waals surface area contributed by atoms with Gasteiger partial charge >= 0.3 is 0 Å². The molecule has 0 aromatic carbocycles. The van der Waals surface area contributed by atoms with Crippen LogP contribution in [-0.4, -0.2) is 28.6 Å². The summed E-state index contributed by atoms with van der Waals surface area (Å²) in [6.07, 6.45) is 3.94. The van der Waals surface area contributed by atoms with Crippen LogP contribution in [0.3, 0.4) is 0 Å². The number of aromatic nitrogens is 1. The highest BCUT2D eigenvalue weighted by Gasteiger charge is 2.14. The number of nitrogens with zero attached hydrogens (tertiary/aromatic N) is 2. The predicted octanol–water partition coefficient (Wildman–Crippen LogP) is 3.07. The topological polar surface area (TPSA) is 50.3 Å². The molecule has 0 saturated carbocycles. The second-order valence-electron chi connectivity index (χ2n) is 4.94. The summed E-state index contributed by atoms with van der Waals surface area (Å²) in [7, 11) is 1.75. The molecule has 2 rings (SSSR count). The largest absolute Gasteiger partial charge is 0.341 e. The second-order valence-corrected chi connectivity index (χ2v) is 6.23. The lowest BCUT2D eigenvalue weighted by Gasteiger charge is -2.16. The molecule has 2 aromatic heterocycles. The Morgan fingerprint density at radius 3 is 2.67 bits per heavy atom. The van der Waals surface area contributed by atoms with Gasteiger partial charge in [0.1, 0.15) is 0 Å². The van der Waals surface area contributed by atoms with Crippen LogP contribution in [-0.2, 0) is 11.3 Å². The predicted molar refractivity (Wildman–Crippen MR) is 83.3 cm³/mol. The van der Waals surface area contributed by atoms with E-state index < -0.39 is 0 Å². The average molecular weight is 302 g/mol. The number of carbonyl (C=O) groups is 2. The summed E-state index contributed by atoms with van der Waals surface area (Å²) in [5.41, 5.74) is 0.980. The van der Waals surface area contributed by atoms with Gasteiger partial charge in [-0.05, 0) is 30.7 Å². The molecule has 4 nitrogen and oxygen atoms in total. The van der Waals surface area contributed by atoms with Crippen LogP contribution in [0.15, 0.2) is 36.7 Å². The molecule has 0 N–H and O–H groups in total. The molecule has 0 unspecified atom stereocenters. The number of thiophene rings is 1. The summed E-state index contributed by atoms with van der Waals surface area (Å²) in [4.78, 5) is 31.5. The zero-order valence-corrected chi connectivity index (χ0v) is 13.0. The lowest BCUT2D eigenvalue weighted by Crippen LogP contribution is -2.26. The molecule has 0 aliphatic rings. The Bertz CT molecular complexity index is 622. The van der Waals surface area contributed by atoms with E-state index in [0.29, 0.717) is 6.54 Å². The smallest absolute Gasteiger partial charge is 0.223 e. The van der Waals surface area contributed by atoms with Crippen LogP contribution in [0.4, 0.5) is 0 Å². The zero-order valence-electron chi connectivity index (χ0n) is 12.2. The lowest BCUT2D eigenvalue weighted by atomic mass is 10.1. The normalized spacial score (nSPS) is 10.4. The summed E-state index contributed by atoms with van der Waals surface area (Å²) in [6.45, 7) is 2.48. The molecule has 0 aliphatic carbocycles. The van der Waals surface area contributed by atoms with Crippen molar-refractivity contribution in [2.24, 2.45) is 0 Å². The quantitative estimate of drug-likeness (QED) is 0.771. The number of ketones is 1. The van der Waals surface area contributed by atoms with Gasteiger partial charge in [-0.15, -0.1) is 11.3 Å². The van der Waals surface area contributed by atoms with Crippen LogP contribution in [0.2, 0.25) is 0 Å². The maximum Gasteiger partial charge on any atom is 0.223 e. The molecule has 21 heavy (non-hydrogen) atoms. The summed E-state index contributed by atoms with van der Waals surface area (Å²) < 4.78 is 0. The number of pyridine rings is 1. The number of carbonyl (C=O) groups excluding carboxylic acids is 2. The van der Waals surface area contributed by atoms with E-state index in [-0.39, 0.29) is 24.5 Å². The molecule has 110 valence electrons. The van der Waals surface area contributed by atoms with Gasteiger partial charge in [-0.2, -0.15) is 0 Å². The molecular weight excluding hydrogens is 284 g/mol. The van der Waals surface area contributed by atoms with E-state index in [9.17, 15) is 9.59 Å². The molecular formula is C16H18N2O2S. The fourth-order valence-electron chi connectivity index (χ4n) is 1.97. The average Bonchev–Trinajstić information content (AvgIpc) is 2.92. The number of rotatable bonds is 6. The highest BCUT2D eigenvalue weighted by Crippen LogP contribution is 2.17. The van der Waals surface area contributed by atoms with E-state index >= 15 is 0 Å². The second kappa shape index (κ2) is 7.13. The van der Waals surface area contributed by atoms with E-state index in [1.54, 1.807) is 24.3 Å². The molecule has 0 bridgehead atoms. The van der Waals surface area contributed by atoms with Crippen LogP contribution >= 0.6 is 11.3 Å². The minimum Gasteiger partial charge on any atom is -0.341 e. The van der Waals surface area contributed by atoms with Crippen LogP contribution in [0, 0.1) is 6.92 Å². The molecule has 5 heteroatoms. The first-order valence-electron chi connectivity index (χ1n) is 6.79. The molecule has 0 spiro atoms. The summed E-state index contributed by atoms with van der Waals surface area (Å²) >= 11 is 1.48. The van der Waals surface area contributed by atoms with Crippen molar-refractivity contribution in [2.45, 2.75) is 26.3 Å². The van der Waals surface area contributed by atoms with Gasteiger partial charge in [0.15, 0.2) is 5.78 Å². The number of Topliss-reactive ketones (excluding diaryl/α,β-unsaturated/α-hetero) is 1. The van der Waals surface area contributed by atoms with Gasteiger partial charge in [-0.25, -0.2) is 0 Å². The fraction of sp³-hybridized carbons (Fsp3) is 0.312. The van der Waals surface area contributed by atoms with Crippen molar-refractivity contribution >= 4 is 23.0 Å². The number of hydrogen-bond acceptors (Lipinski definition) is 4.